The van der Waals surface area contributed by atoms with Gasteiger partial charge in [-0.05, 0) is 59.5 Å². The SMILES string of the molecule is COc1ccc2oc(COc3ccc(COc4ccc5c(c4)OC(=O)CC5C)cc3)cc2c1. The van der Waals surface area contributed by atoms with Gasteiger partial charge in [0.05, 0.1) is 13.5 Å². The van der Waals surface area contributed by atoms with E-state index >= 15 is 0 Å². The Bertz CT molecular complexity index is 1290. The Hall–Kier alpha value is -3.93. The Kier molecular flexibility index (Phi) is 5.65. The van der Waals surface area contributed by atoms with Crippen LogP contribution in [0.15, 0.2) is 71.1 Å². The number of esters is 1. The van der Waals surface area contributed by atoms with Gasteiger partial charge < -0.3 is 23.4 Å². The van der Waals surface area contributed by atoms with Crippen LogP contribution in [-0.2, 0) is 18.0 Å². The summed E-state index contributed by atoms with van der Waals surface area (Å²) in [6.07, 6.45) is 0.409. The quantitative estimate of drug-likeness (QED) is 0.257. The molecule has 0 amide bonds. The average Bonchev–Trinajstić information content (AvgIpc) is 3.24. The lowest BCUT2D eigenvalue weighted by Gasteiger charge is -2.21. The first-order valence-electron chi connectivity index (χ1n) is 10.8. The second-order valence-corrected chi connectivity index (χ2v) is 8.12. The third-order valence-electron chi connectivity index (χ3n) is 5.70. The monoisotopic (exact) mass is 444 g/mol. The van der Waals surface area contributed by atoms with Gasteiger partial charge in [-0.25, -0.2) is 0 Å². The van der Waals surface area contributed by atoms with Gasteiger partial charge in [0.25, 0.3) is 0 Å². The van der Waals surface area contributed by atoms with Crippen LogP contribution >= 0.6 is 0 Å². The Morgan fingerprint density at radius 3 is 2.45 bits per heavy atom. The molecule has 6 nitrogen and oxygen atoms in total. The predicted octanol–water partition coefficient (Wildman–Crippen LogP) is 6.01. The summed E-state index contributed by atoms with van der Waals surface area (Å²) in [6, 6.07) is 21.0. The summed E-state index contributed by atoms with van der Waals surface area (Å²) < 4.78 is 28.2. The summed E-state index contributed by atoms with van der Waals surface area (Å²) in [7, 11) is 1.64. The molecule has 0 N–H and O–H groups in total. The summed E-state index contributed by atoms with van der Waals surface area (Å²) >= 11 is 0. The molecule has 0 saturated carbocycles. The van der Waals surface area contributed by atoms with E-state index in [9.17, 15) is 4.79 Å². The fourth-order valence-corrected chi connectivity index (χ4v) is 3.90. The molecule has 3 aromatic carbocycles. The fourth-order valence-electron chi connectivity index (χ4n) is 3.90. The van der Waals surface area contributed by atoms with Crippen molar-refractivity contribution in [3.8, 4) is 23.0 Å². The number of hydrogen-bond donors (Lipinski definition) is 0. The molecular weight excluding hydrogens is 420 g/mol. The van der Waals surface area contributed by atoms with Gasteiger partial charge in [0.1, 0.15) is 47.6 Å². The van der Waals surface area contributed by atoms with Crippen molar-refractivity contribution in [2.75, 3.05) is 7.11 Å². The molecule has 33 heavy (non-hydrogen) atoms. The number of carbonyl (C=O) groups excluding carboxylic acids is 1. The third-order valence-corrected chi connectivity index (χ3v) is 5.70. The lowest BCUT2D eigenvalue weighted by atomic mass is 9.95. The first kappa shape index (κ1) is 20.9. The number of fused-ring (bicyclic) bond motifs is 2. The predicted molar refractivity (Wildman–Crippen MR) is 123 cm³/mol. The van der Waals surface area contributed by atoms with Crippen LogP contribution < -0.4 is 18.9 Å². The first-order chi connectivity index (χ1) is 16.1. The Morgan fingerprint density at radius 2 is 1.64 bits per heavy atom. The zero-order valence-corrected chi connectivity index (χ0v) is 18.5. The molecule has 0 bridgehead atoms. The van der Waals surface area contributed by atoms with Gasteiger partial charge in [-0.15, -0.1) is 0 Å². The van der Waals surface area contributed by atoms with E-state index in [2.05, 4.69) is 0 Å². The largest absolute Gasteiger partial charge is 0.497 e. The Labute approximate surface area is 191 Å². The lowest BCUT2D eigenvalue weighted by Crippen LogP contribution is -2.18. The van der Waals surface area contributed by atoms with Crippen LogP contribution in [-0.4, -0.2) is 13.1 Å². The molecule has 6 heteroatoms. The molecule has 0 fully saturated rings. The molecule has 1 atom stereocenters. The van der Waals surface area contributed by atoms with Crippen LogP contribution in [0.25, 0.3) is 11.0 Å². The number of ether oxygens (including phenoxy) is 4. The van der Waals surface area contributed by atoms with Crippen molar-refractivity contribution in [1.82, 2.24) is 0 Å². The van der Waals surface area contributed by atoms with E-state index in [1.807, 2.05) is 67.6 Å². The number of methoxy groups -OCH3 is 1. The maximum absolute atomic E-state index is 11.7. The normalized spacial score (nSPS) is 15.1. The number of carbonyl (C=O) groups is 1. The van der Waals surface area contributed by atoms with Crippen LogP contribution in [0.2, 0.25) is 0 Å². The average molecular weight is 444 g/mol. The van der Waals surface area contributed by atoms with Gasteiger partial charge in [0, 0.05) is 11.5 Å². The maximum Gasteiger partial charge on any atom is 0.311 e. The summed E-state index contributed by atoms with van der Waals surface area (Å²) in [4.78, 5) is 11.7. The van der Waals surface area contributed by atoms with E-state index < -0.39 is 0 Å². The van der Waals surface area contributed by atoms with Crippen molar-refractivity contribution in [2.24, 2.45) is 0 Å². The molecule has 0 radical (unpaired) electrons. The zero-order valence-electron chi connectivity index (χ0n) is 18.5. The number of hydrogen-bond acceptors (Lipinski definition) is 6. The van der Waals surface area contributed by atoms with E-state index in [1.54, 1.807) is 13.2 Å². The number of rotatable bonds is 7. The molecule has 1 unspecified atom stereocenters. The second kappa shape index (κ2) is 8.90. The van der Waals surface area contributed by atoms with Crippen LogP contribution in [0.3, 0.4) is 0 Å². The highest BCUT2D eigenvalue weighted by Crippen LogP contribution is 2.36. The summed E-state index contributed by atoms with van der Waals surface area (Å²) in [5.41, 5.74) is 2.83. The first-order valence-corrected chi connectivity index (χ1v) is 10.8. The van der Waals surface area contributed by atoms with Crippen LogP contribution in [0, 0.1) is 0 Å². The van der Waals surface area contributed by atoms with Crippen molar-refractivity contribution >= 4 is 16.9 Å². The van der Waals surface area contributed by atoms with E-state index in [0.717, 1.165) is 39.4 Å². The number of benzene rings is 3. The van der Waals surface area contributed by atoms with Gasteiger partial charge >= 0.3 is 5.97 Å². The minimum Gasteiger partial charge on any atom is -0.497 e. The summed E-state index contributed by atoms with van der Waals surface area (Å²) in [5.74, 6) is 3.48. The van der Waals surface area contributed by atoms with Crippen LogP contribution in [0.5, 0.6) is 23.0 Å². The van der Waals surface area contributed by atoms with Crippen molar-refractivity contribution in [1.29, 1.82) is 0 Å². The highest BCUT2D eigenvalue weighted by Gasteiger charge is 2.24. The fraction of sp³-hybridized carbons (Fsp3) is 0.222. The van der Waals surface area contributed by atoms with Gasteiger partial charge in [-0.2, -0.15) is 0 Å². The molecule has 2 heterocycles. The molecule has 0 aliphatic carbocycles. The molecule has 0 spiro atoms. The molecular formula is C27H24O6. The topological polar surface area (TPSA) is 67.1 Å². The van der Waals surface area contributed by atoms with Gasteiger partial charge in [-0.3, -0.25) is 4.79 Å². The summed E-state index contributed by atoms with van der Waals surface area (Å²) in [5, 5.41) is 0.979. The molecule has 168 valence electrons. The molecule has 5 rings (SSSR count). The smallest absolute Gasteiger partial charge is 0.311 e. The van der Waals surface area contributed by atoms with Gasteiger partial charge in [-0.1, -0.05) is 25.1 Å². The van der Waals surface area contributed by atoms with Crippen LogP contribution in [0.4, 0.5) is 0 Å². The van der Waals surface area contributed by atoms with E-state index in [0.29, 0.717) is 31.1 Å². The second-order valence-electron chi connectivity index (χ2n) is 8.12. The highest BCUT2D eigenvalue weighted by molar-refractivity contribution is 5.79. The van der Waals surface area contributed by atoms with Gasteiger partial charge in [0.15, 0.2) is 0 Å². The van der Waals surface area contributed by atoms with E-state index in [4.69, 9.17) is 23.4 Å². The van der Waals surface area contributed by atoms with Crippen molar-refractivity contribution < 1.29 is 28.2 Å². The highest BCUT2D eigenvalue weighted by atomic mass is 16.5. The molecule has 1 aliphatic rings. The van der Waals surface area contributed by atoms with Crippen LogP contribution in [0.1, 0.15) is 36.1 Å². The summed E-state index contributed by atoms with van der Waals surface area (Å²) in [6.45, 7) is 2.75. The zero-order chi connectivity index (χ0) is 22.8. The maximum atomic E-state index is 11.7. The van der Waals surface area contributed by atoms with E-state index in [-0.39, 0.29) is 11.9 Å². The Morgan fingerprint density at radius 1 is 0.879 bits per heavy atom. The molecule has 1 aromatic heterocycles. The van der Waals surface area contributed by atoms with E-state index in [1.165, 1.54) is 0 Å². The van der Waals surface area contributed by atoms with Crippen molar-refractivity contribution in [3.05, 3.63) is 83.6 Å². The molecule has 0 saturated heterocycles. The van der Waals surface area contributed by atoms with Gasteiger partial charge in [0.2, 0.25) is 0 Å². The Balaban J connectivity index is 1.17. The minimum absolute atomic E-state index is 0.158. The lowest BCUT2D eigenvalue weighted by molar-refractivity contribution is -0.135. The minimum atomic E-state index is -0.204. The number of furan rings is 1. The third kappa shape index (κ3) is 4.65. The van der Waals surface area contributed by atoms with Crippen molar-refractivity contribution in [3.63, 3.8) is 0 Å². The molecule has 4 aromatic rings. The standard InChI is InChI=1S/C27H24O6/c1-17-11-27(28)33-26-14-22(7-9-24(17)26)30-15-18-3-5-20(6-4-18)31-16-23-13-19-12-21(29-2)8-10-25(19)32-23/h3-10,12-14,17H,11,15-16H2,1-2H3. The van der Waals surface area contributed by atoms with Crippen molar-refractivity contribution in [2.45, 2.75) is 32.5 Å². The molecule has 1 aliphatic heterocycles.